The van der Waals surface area contributed by atoms with E-state index in [-0.39, 0.29) is 18.1 Å². The maximum absolute atomic E-state index is 12.9. The lowest BCUT2D eigenvalue weighted by molar-refractivity contribution is 0.157. The summed E-state index contributed by atoms with van der Waals surface area (Å²) in [4.78, 5) is 2.40. The Balaban J connectivity index is 2.16. The first-order valence-electron chi connectivity index (χ1n) is 7.63. The van der Waals surface area contributed by atoms with Crippen LogP contribution in [0.15, 0.2) is 24.3 Å². The molecule has 0 aromatic heterocycles. The van der Waals surface area contributed by atoms with Crippen LogP contribution in [0.2, 0.25) is 0 Å². The van der Waals surface area contributed by atoms with Crippen LogP contribution < -0.4 is 5.32 Å². The minimum Gasteiger partial charge on any atom is -0.314 e. The molecule has 1 fully saturated rings. The van der Waals surface area contributed by atoms with Crippen LogP contribution in [0.4, 0.5) is 4.39 Å². The minimum absolute atomic E-state index is 0.170. The third-order valence-corrected chi connectivity index (χ3v) is 4.14. The molecule has 3 heteroatoms. The molecule has 0 amide bonds. The van der Waals surface area contributed by atoms with Gasteiger partial charge in [-0.15, -0.1) is 0 Å². The molecule has 1 heterocycles. The van der Waals surface area contributed by atoms with E-state index in [1.807, 2.05) is 0 Å². The van der Waals surface area contributed by atoms with E-state index >= 15 is 0 Å². The SMILES string of the molecule is CC(C)(C)c1ccc([C@H](CCF)N2CCNCC2)cc1. The summed E-state index contributed by atoms with van der Waals surface area (Å²) in [6, 6.07) is 8.98. The van der Waals surface area contributed by atoms with Crippen molar-refractivity contribution >= 4 is 0 Å². The van der Waals surface area contributed by atoms with Crippen LogP contribution in [0.5, 0.6) is 0 Å². The molecule has 0 aliphatic carbocycles. The quantitative estimate of drug-likeness (QED) is 0.909. The summed E-state index contributed by atoms with van der Waals surface area (Å²) in [7, 11) is 0. The largest absolute Gasteiger partial charge is 0.314 e. The monoisotopic (exact) mass is 278 g/mol. The first-order chi connectivity index (χ1) is 9.52. The van der Waals surface area contributed by atoms with Crippen molar-refractivity contribution in [3.05, 3.63) is 35.4 Å². The molecule has 20 heavy (non-hydrogen) atoms. The third kappa shape index (κ3) is 3.80. The number of halogens is 1. The van der Waals surface area contributed by atoms with E-state index < -0.39 is 0 Å². The topological polar surface area (TPSA) is 15.3 Å². The van der Waals surface area contributed by atoms with Gasteiger partial charge in [0.25, 0.3) is 0 Å². The van der Waals surface area contributed by atoms with Crippen molar-refractivity contribution in [3.8, 4) is 0 Å². The average molecular weight is 278 g/mol. The second kappa shape index (κ2) is 6.68. The Kier molecular flexibility index (Phi) is 5.17. The Morgan fingerprint density at radius 2 is 1.75 bits per heavy atom. The summed E-state index contributed by atoms with van der Waals surface area (Å²) in [5.41, 5.74) is 2.75. The van der Waals surface area contributed by atoms with Crippen LogP contribution >= 0.6 is 0 Å². The molecule has 2 rings (SSSR count). The molecule has 1 aliphatic rings. The van der Waals surface area contributed by atoms with Gasteiger partial charge in [0.05, 0.1) is 6.67 Å². The van der Waals surface area contributed by atoms with Gasteiger partial charge >= 0.3 is 0 Å². The van der Waals surface area contributed by atoms with Crippen molar-refractivity contribution < 1.29 is 4.39 Å². The van der Waals surface area contributed by atoms with E-state index in [1.165, 1.54) is 11.1 Å². The van der Waals surface area contributed by atoms with Gasteiger partial charge in [0.15, 0.2) is 0 Å². The summed E-state index contributed by atoms with van der Waals surface area (Å²) in [5, 5.41) is 3.36. The number of nitrogens with one attached hydrogen (secondary N) is 1. The Hall–Kier alpha value is -0.930. The molecule has 0 saturated carbocycles. The van der Waals surface area contributed by atoms with Gasteiger partial charge in [0.1, 0.15) is 0 Å². The second-order valence-electron chi connectivity index (χ2n) is 6.65. The number of rotatable bonds is 4. The predicted octanol–water partition coefficient (Wildman–Crippen LogP) is 3.29. The zero-order chi connectivity index (χ0) is 14.6. The lowest BCUT2D eigenvalue weighted by atomic mass is 9.86. The fourth-order valence-electron chi connectivity index (χ4n) is 2.86. The summed E-state index contributed by atoms with van der Waals surface area (Å²) in [5.74, 6) is 0. The van der Waals surface area contributed by atoms with Crippen LogP contribution in [-0.4, -0.2) is 37.8 Å². The van der Waals surface area contributed by atoms with E-state index in [2.05, 4.69) is 55.3 Å². The molecule has 0 radical (unpaired) electrons. The smallest absolute Gasteiger partial charge is 0.0912 e. The number of alkyl halides is 1. The fraction of sp³-hybridized carbons (Fsp3) is 0.647. The number of nitrogens with zero attached hydrogens (tertiary/aromatic N) is 1. The molecule has 1 atom stereocenters. The molecule has 2 nitrogen and oxygen atoms in total. The molecule has 0 unspecified atom stereocenters. The van der Waals surface area contributed by atoms with Gasteiger partial charge in [0.2, 0.25) is 0 Å². The van der Waals surface area contributed by atoms with E-state index in [0.29, 0.717) is 6.42 Å². The van der Waals surface area contributed by atoms with Crippen LogP contribution in [0.1, 0.15) is 44.4 Å². The predicted molar refractivity (Wildman–Crippen MR) is 82.9 cm³/mol. The summed E-state index contributed by atoms with van der Waals surface area (Å²) < 4.78 is 12.9. The highest BCUT2D eigenvalue weighted by Crippen LogP contribution is 2.28. The van der Waals surface area contributed by atoms with Gasteiger partial charge < -0.3 is 5.32 Å². The molecule has 0 bridgehead atoms. The van der Waals surface area contributed by atoms with Crippen molar-refractivity contribution in [2.45, 2.75) is 38.6 Å². The zero-order valence-corrected chi connectivity index (χ0v) is 13.0. The van der Waals surface area contributed by atoms with Gasteiger partial charge in [-0.25, -0.2) is 0 Å². The van der Waals surface area contributed by atoms with Crippen molar-refractivity contribution in [1.82, 2.24) is 10.2 Å². The fourth-order valence-corrected chi connectivity index (χ4v) is 2.86. The maximum atomic E-state index is 12.9. The lowest BCUT2D eigenvalue weighted by Crippen LogP contribution is -2.45. The molecule has 1 saturated heterocycles. The molecule has 1 aromatic rings. The Morgan fingerprint density at radius 3 is 2.25 bits per heavy atom. The summed E-state index contributed by atoms with van der Waals surface area (Å²) in [6.45, 7) is 10.4. The van der Waals surface area contributed by atoms with Crippen molar-refractivity contribution in [2.24, 2.45) is 0 Å². The molecule has 0 spiro atoms. The van der Waals surface area contributed by atoms with Gasteiger partial charge in [0, 0.05) is 32.2 Å². The highest BCUT2D eigenvalue weighted by molar-refractivity contribution is 5.29. The summed E-state index contributed by atoms with van der Waals surface area (Å²) >= 11 is 0. The number of piperazine rings is 1. The molecule has 1 N–H and O–H groups in total. The normalized spacial score (nSPS) is 19.0. The molecular formula is C17H27FN2. The van der Waals surface area contributed by atoms with Crippen molar-refractivity contribution in [1.29, 1.82) is 0 Å². The van der Waals surface area contributed by atoms with Gasteiger partial charge in [-0.05, 0) is 23.0 Å². The van der Waals surface area contributed by atoms with Crippen LogP contribution in [0.3, 0.4) is 0 Å². The lowest BCUT2D eigenvalue weighted by Gasteiger charge is -2.35. The maximum Gasteiger partial charge on any atom is 0.0912 e. The van der Waals surface area contributed by atoms with E-state index in [4.69, 9.17) is 0 Å². The standard InChI is InChI=1S/C17H27FN2/c1-17(2,3)15-6-4-14(5-7-15)16(8-9-18)20-12-10-19-11-13-20/h4-7,16,19H,8-13H2,1-3H3/t16-/m0/s1. The average Bonchev–Trinajstić information content (AvgIpc) is 2.45. The van der Waals surface area contributed by atoms with Crippen LogP contribution in [-0.2, 0) is 5.41 Å². The molecular weight excluding hydrogens is 251 g/mol. The van der Waals surface area contributed by atoms with Crippen molar-refractivity contribution in [2.75, 3.05) is 32.9 Å². The molecule has 1 aromatic carbocycles. The number of benzene rings is 1. The number of hydrogen-bond donors (Lipinski definition) is 1. The second-order valence-corrected chi connectivity index (χ2v) is 6.65. The van der Waals surface area contributed by atoms with Gasteiger partial charge in [-0.2, -0.15) is 0 Å². The number of hydrogen-bond acceptors (Lipinski definition) is 2. The van der Waals surface area contributed by atoms with Crippen molar-refractivity contribution in [3.63, 3.8) is 0 Å². The van der Waals surface area contributed by atoms with E-state index in [0.717, 1.165) is 26.2 Å². The van der Waals surface area contributed by atoms with E-state index in [1.54, 1.807) is 0 Å². The van der Waals surface area contributed by atoms with Gasteiger partial charge in [-0.3, -0.25) is 9.29 Å². The van der Waals surface area contributed by atoms with Gasteiger partial charge in [-0.1, -0.05) is 45.0 Å². The Bertz CT molecular complexity index is 402. The first kappa shape index (κ1) is 15.5. The Morgan fingerprint density at radius 1 is 1.15 bits per heavy atom. The zero-order valence-electron chi connectivity index (χ0n) is 13.0. The van der Waals surface area contributed by atoms with Crippen LogP contribution in [0, 0.1) is 0 Å². The highest BCUT2D eigenvalue weighted by atomic mass is 19.1. The first-order valence-corrected chi connectivity index (χ1v) is 7.63. The molecule has 1 aliphatic heterocycles. The highest BCUT2D eigenvalue weighted by Gasteiger charge is 2.22. The minimum atomic E-state index is -0.254. The third-order valence-electron chi connectivity index (χ3n) is 4.14. The Labute approximate surface area is 122 Å². The summed E-state index contributed by atoms with van der Waals surface area (Å²) in [6.07, 6.45) is 0.592. The van der Waals surface area contributed by atoms with Crippen LogP contribution in [0.25, 0.3) is 0 Å². The molecule has 112 valence electrons. The van der Waals surface area contributed by atoms with E-state index in [9.17, 15) is 4.39 Å².